The average molecular weight is 316 g/mol. The summed E-state index contributed by atoms with van der Waals surface area (Å²) < 4.78 is 5.91. The Labute approximate surface area is 134 Å². The molecule has 1 aliphatic rings. The lowest BCUT2D eigenvalue weighted by atomic mass is 10.1. The molecule has 22 heavy (non-hydrogen) atoms. The topological polar surface area (TPSA) is 58.5 Å². The maximum atomic E-state index is 5.91. The Hall–Kier alpha value is -2.08. The van der Waals surface area contributed by atoms with Gasteiger partial charge in [0.25, 0.3) is 0 Å². The summed E-state index contributed by atoms with van der Waals surface area (Å²) in [5, 5.41) is 7.70. The van der Waals surface area contributed by atoms with E-state index < -0.39 is 0 Å². The van der Waals surface area contributed by atoms with Gasteiger partial charge in [-0.1, -0.05) is 18.2 Å². The van der Waals surface area contributed by atoms with Crippen LogP contribution in [-0.4, -0.2) is 30.6 Å². The van der Waals surface area contributed by atoms with Crippen LogP contribution in [0.15, 0.2) is 35.5 Å². The van der Waals surface area contributed by atoms with E-state index in [2.05, 4.69) is 32.7 Å². The van der Waals surface area contributed by atoms with Gasteiger partial charge in [0, 0.05) is 24.5 Å². The summed E-state index contributed by atoms with van der Waals surface area (Å²) in [4.78, 5) is 9.69. The molecule has 2 heterocycles. The predicted molar refractivity (Wildman–Crippen MR) is 89.6 cm³/mol. The molecule has 1 aliphatic heterocycles. The van der Waals surface area contributed by atoms with Gasteiger partial charge in [-0.05, 0) is 18.6 Å². The van der Waals surface area contributed by atoms with E-state index in [9.17, 15) is 0 Å². The highest BCUT2D eigenvalue weighted by molar-refractivity contribution is 7.11. The van der Waals surface area contributed by atoms with Gasteiger partial charge in [0.05, 0.1) is 18.1 Å². The SMILES string of the molecule is CN=C(NCc1cnc(C)s1)NCC1Cc2ccccc2O1. The molecule has 0 spiro atoms. The van der Waals surface area contributed by atoms with E-state index in [-0.39, 0.29) is 6.10 Å². The number of aryl methyl sites for hydroxylation is 1. The van der Waals surface area contributed by atoms with Gasteiger partial charge in [-0.2, -0.15) is 0 Å². The van der Waals surface area contributed by atoms with Crippen LogP contribution in [0.1, 0.15) is 15.4 Å². The van der Waals surface area contributed by atoms with E-state index in [4.69, 9.17) is 4.74 Å². The number of nitrogens with zero attached hydrogens (tertiary/aromatic N) is 2. The molecule has 3 rings (SSSR count). The highest BCUT2D eigenvalue weighted by atomic mass is 32.1. The number of rotatable bonds is 4. The number of aromatic nitrogens is 1. The first-order chi connectivity index (χ1) is 10.7. The Morgan fingerprint density at radius 2 is 2.27 bits per heavy atom. The fourth-order valence-electron chi connectivity index (χ4n) is 2.46. The number of guanidine groups is 1. The molecule has 1 unspecified atom stereocenters. The van der Waals surface area contributed by atoms with Crippen LogP contribution in [0.4, 0.5) is 0 Å². The zero-order chi connectivity index (χ0) is 15.4. The molecule has 1 atom stereocenters. The second-order valence-electron chi connectivity index (χ2n) is 5.20. The van der Waals surface area contributed by atoms with Crippen molar-refractivity contribution in [2.45, 2.75) is 26.0 Å². The lowest BCUT2D eigenvalue weighted by Crippen LogP contribution is -2.41. The number of para-hydroxylation sites is 1. The van der Waals surface area contributed by atoms with Crippen molar-refractivity contribution < 1.29 is 4.74 Å². The van der Waals surface area contributed by atoms with Crippen molar-refractivity contribution >= 4 is 17.3 Å². The molecule has 116 valence electrons. The fourth-order valence-corrected chi connectivity index (χ4v) is 3.19. The maximum absolute atomic E-state index is 5.91. The quantitative estimate of drug-likeness (QED) is 0.670. The van der Waals surface area contributed by atoms with E-state index in [0.29, 0.717) is 0 Å². The van der Waals surface area contributed by atoms with E-state index >= 15 is 0 Å². The minimum atomic E-state index is 0.154. The molecule has 1 aromatic carbocycles. The molecular weight excluding hydrogens is 296 g/mol. The van der Waals surface area contributed by atoms with E-state index in [1.54, 1.807) is 18.4 Å². The molecule has 0 aliphatic carbocycles. The lowest BCUT2D eigenvalue weighted by Gasteiger charge is -2.15. The number of hydrogen-bond acceptors (Lipinski definition) is 4. The summed E-state index contributed by atoms with van der Waals surface area (Å²) in [6.45, 7) is 3.48. The molecule has 0 bridgehead atoms. The molecule has 2 N–H and O–H groups in total. The molecule has 0 amide bonds. The number of ether oxygens (including phenoxy) is 1. The van der Waals surface area contributed by atoms with Gasteiger partial charge in [0.2, 0.25) is 0 Å². The third-order valence-corrected chi connectivity index (χ3v) is 4.45. The molecule has 0 radical (unpaired) electrons. The fraction of sp³-hybridized carbons (Fsp3) is 0.375. The summed E-state index contributed by atoms with van der Waals surface area (Å²) in [6.07, 6.45) is 2.99. The zero-order valence-corrected chi connectivity index (χ0v) is 13.6. The number of hydrogen-bond donors (Lipinski definition) is 2. The molecule has 0 saturated heterocycles. The van der Waals surface area contributed by atoms with Crippen molar-refractivity contribution in [3.63, 3.8) is 0 Å². The first kappa shape index (κ1) is 14.8. The average Bonchev–Trinajstić information content (AvgIpc) is 3.13. The van der Waals surface area contributed by atoms with Crippen molar-refractivity contribution in [2.24, 2.45) is 4.99 Å². The second kappa shape index (κ2) is 6.79. The van der Waals surface area contributed by atoms with Crippen LogP contribution in [0.5, 0.6) is 5.75 Å². The molecule has 6 heteroatoms. The minimum Gasteiger partial charge on any atom is -0.488 e. The summed E-state index contributed by atoms with van der Waals surface area (Å²) in [6, 6.07) is 8.20. The van der Waals surface area contributed by atoms with Crippen LogP contribution in [0.2, 0.25) is 0 Å². The summed E-state index contributed by atoms with van der Waals surface area (Å²) in [5.74, 6) is 1.78. The zero-order valence-electron chi connectivity index (χ0n) is 12.8. The normalized spacial score (nSPS) is 17.0. The van der Waals surface area contributed by atoms with Gasteiger partial charge in [0.15, 0.2) is 5.96 Å². The number of fused-ring (bicyclic) bond motifs is 1. The third kappa shape index (κ3) is 3.57. The molecular formula is C16H20N4OS. The highest BCUT2D eigenvalue weighted by Gasteiger charge is 2.22. The monoisotopic (exact) mass is 316 g/mol. The third-order valence-electron chi connectivity index (χ3n) is 3.53. The summed E-state index contributed by atoms with van der Waals surface area (Å²) in [7, 11) is 1.78. The van der Waals surface area contributed by atoms with Crippen LogP contribution in [0, 0.1) is 6.92 Å². The first-order valence-electron chi connectivity index (χ1n) is 7.35. The highest BCUT2D eigenvalue weighted by Crippen LogP contribution is 2.27. The van der Waals surface area contributed by atoms with Gasteiger partial charge in [-0.15, -0.1) is 11.3 Å². The Morgan fingerprint density at radius 1 is 1.41 bits per heavy atom. The molecule has 2 aromatic rings. The summed E-state index contributed by atoms with van der Waals surface area (Å²) >= 11 is 1.69. The van der Waals surface area contributed by atoms with E-state index in [1.165, 1.54) is 10.4 Å². The Morgan fingerprint density at radius 3 is 3.00 bits per heavy atom. The standard InChI is InChI=1S/C16H20N4OS/c1-11-18-9-14(22-11)10-20-16(17-2)19-8-13-7-12-5-3-4-6-15(12)21-13/h3-6,9,13H,7-8,10H2,1-2H3,(H2,17,19,20). The molecule has 1 aromatic heterocycles. The van der Waals surface area contributed by atoms with Gasteiger partial charge in [-0.25, -0.2) is 4.98 Å². The Bertz CT molecular complexity index is 643. The van der Waals surface area contributed by atoms with Crippen molar-refractivity contribution in [1.82, 2.24) is 15.6 Å². The van der Waals surface area contributed by atoms with Gasteiger partial charge >= 0.3 is 0 Å². The van der Waals surface area contributed by atoms with Crippen LogP contribution in [-0.2, 0) is 13.0 Å². The number of benzene rings is 1. The van der Waals surface area contributed by atoms with Crippen LogP contribution in [0.25, 0.3) is 0 Å². The molecule has 0 saturated carbocycles. The first-order valence-corrected chi connectivity index (χ1v) is 8.16. The van der Waals surface area contributed by atoms with Crippen molar-refractivity contribution in [1.29, 1.82) is 0 Å². The molecule has 5 nitrogen and oxygen atoms in total. The lowest BCUT2D eigenvalue weighted by molar-refractivity contribution is 0.235. The van der Waals surface area contributed by atoms with Gasteiger partial charge < -0.3 is 15.4 Å². The van der Waals surface area contributed by atoms with E-state index in [1.807, 2.05) is 25.3 Å². The Balaban J connectivity index is 1.46. The van der Waals surface area contributed by atoms with Crippen molar-refractivity contribution in [3.8, 4) is 5.75 Å². The molecule has 0 fully saturated rings. The smallest absolute Gasteiger partial charge is 0.191 e. The van der Waals surface area contributed by atoms with Crippen molar-refractivity contribution in [3.05, 3.63) is 45.9 Å². The largest absolute Gasteiger partial charge is 0.488 e. The van der Waals surface area contributed by atoms with Gasteiger partial charge in [-0.3, -0.25) is 4.99 Å². The van der Waals surface area contributed by atoms with Crippen molar-refractivity contribution in [2.75, 3.05) is 13.6 Å². The number of thiazole rings is 1. The summed E-state index contributed by atoms with van der Waals surface area (Å²) in [5.41, 5.74) is 1.28. The van der Waals surface area contributed by atoms with Gasteiger partial charge in [0.1, 0.15) is 11.9 Å². The number of aliphatic imine (C=N–C) groups is 1. The second-order valence-corrected chi connectivity index (χ2v) is 6.52. The van der Waals surface area contributed by atoms with E-state index in [0.717, 1.165) is 36.2 Å². The van der Waals surface area contributed by atoms with Crippen LogP contribution < -0.4 is 15.4 Å². The maximum Gasteiger partial charge on any atom is 0.191 e. The van der Waals surface area contributed by atoms with Crippen LogP contribution >= 0.6 is 11.3 Å². The van der Waals surface area contributed by atoms with Crippen LogP contribution in [0.3, 0.4) is 0 Å². The Kier molecular flexibility index (Phi) is 4.58. The number of nitrogens with one attached hydrogen (secondary N) is 2. The minimum absolute atomic E-state index is 0.154. The predicted octanol–water partition coefficient (Wildman–Crippen LogP) is 2.12.